The van der Waals surface area contributed by atoms with E-state index in [0.717, 1.165) is 25.8 Å². The number of rotatable bonds is 5. The zero-order valence-corrected chi connectivity index (χ0v) is 6.34. The zero-order valence-electron chi connectivity index (χ0n) is 6.34. The van der Waals surface area contributed by atoms with Crippen molar-refractivity contribution < 1.29 is 0 Å². The minimum atomic E-state index is 0.234. The molecule has 1 atom stereocenters. The smallest absolute Gasteiger partial charge is 0.00799 e. The average Bonchev–Trinajstić information content (AvgIpc) is 1.97. The van der Waals surface area contributed by atoms with Crippen molar-refractivity contribution in [3.63, 3.8) is 0 Å². The quantitative estimate of drug-likeness (QED) is 0.554. The van der Waals surface area contributed by atoms with E-state index in [4.69, 9.17) is 11.5 Å². The Kier molecular flexibility index (Phi) is 6.19. The predicted octanol–water partition coefficient (Wildman–Crippen LogP) is 0.784. The van der Waals surface area contributed by atoms with Crippen LogP contribution in [0.3, 0.4) is 0 Å². The molecule has 0 aromatic carbocycles. The summed E-state index contributed by atoms with van der Waals surface area (Å²) in [6.07, 6.45) is 4.73. The second kappa shape index (κ2) is 6.56. The van der Waals surface area contributed by atoms with Crippen molar-refractivity contribution in [1.29, 1.82) is 0 Å². The molecule has 0 saturated heterocycles. The highest BCUT2D eigenvalue weighted by Crippen LogP contribution is 1.97. The van der Waals surface area contributed by atoms with Crippen LogP contribution in [0.5, 0.6) is 0 Å². The number of nitrogens with two attached hydrogens (primary N) is 2. The molecule has 58 valence electrons. The maximum atomic E-state index is 5.69. The summed E-state index contributed by atoms with van der Waals surface area (Å²) in [7, 11) is 0. The van der Waals surface area contributed by atoms with Crippen LogP contribution in [0.1, 0.15) is 19.3 Å². The molecule has 0 aliphatic heterocycles. The van der Waals surface area contributed by atoms with Crippen LogP contribution < -0.4 is 11.5 Å². The molecule has 4 N–H and O–H groups in total. The third kappa shape index (κ3) is 5.57. The van der Waals surface area contributed by atoms with Gasteiger partial charge in [-0.3, -0.25) is 0 Å². The first-order chi connectivity index (χ1) is 4.81. The molecule has 0 spiro atoms. The number of hydrogen-bond donors (Lipinski definition) is 2. The monoisotopic (exact) mass is 140 g/mol. The summed E-state index contributed by atoms with van der Waals surface area (Å²) in [4.78, 5) is 0. The van der Waals surface area contributed by atoms with E-state index >= 15 is 0 Å². The highest BCUT2D eigenvalue weighted by atomic mass is 14.6. The lowest BCUT2D eigenvalue weighted by molar-refractivity contribution is 0.594. The minimum absolute atomic E-state index is 0.234. The van der Waals surface area contributed by atoms with Gasteiger partial charge in [-0.1, -0.05) is 6.58 Å². The fourth-order valence-corrected chi connectivity index (χ4v) is 0.733. The van der Waals surface area contributed by atoms with E-state index in [0.29, 0.717) is 0 Å². The Hall–Kier alpha value is -0.560. The maximum absolute atomic E-state index is 5.69. The van der Waals surface area contributed by atoms with Gasteiger partial charge < -0.3 is 11.5 Å². The first-order valence-electron chi connectivity index (χ1n) is 3.61. The Morgan fingerprint density at radius 1 is 1.60 bits per heavy atom. The van der Waals surface area contributed by atoms with Gasteiger partial charge in [0.05, 0.1) is 0 Å². The van der Waals surface area contributed by atoms with Gasteiger partial charge >= 0.3 is 0 Å². The standard InChI is InChI=1S/C8H16N2/c1-2-3-5-8(10)6-4-7-9/h3,8H,1,4-7,9-10H2. The maximum Gasteiger partial charge on any atom is 0.00799 e. The van der Waals surface area contributed by atoms with E-state index in [1.165, 1.54) is 0 Å². The molecule has 0 aromatic rings. The molecule has 0 bridgehead atoms. The molecule has 0 aliphatic carbocycles. The van der Waals surface area contributed by atoms with Crippen LogP contribution >= 0.6 is 0 Å². The van der Waals surface area contributed by atoms with Gasteiger partial charge in [0.15, 0.2) is 0 Å². The van der Waals surface area contributed by atoms with Crippen molar-refractivity contribution in [1.82, 2.24) is 0 Å². The zero-order chi connectivity index (χ0) is 7.82. The van der Waals surface area contributed by atoms with Crippen LogP contribution in [0.4, 0.5) is 0 Å². The first kappa shape index (κ1) is 9.44. The fourth-order valence-electron chi connectivity index (χ4n) is 0.733. The molecule has 2 nitrogen and oxygen atoms in total. The normalized spacial score (nSPS) is 12.2. The molecule has 10 heavy (non-hydrogen) atoms. The van der Waals surface area contributed by atoms with Gasteiger partial charge in [-0.25, -0.2) is 0 Å². The first-order valence-corrected chi connectivity index (χ1v) is 3.61. The Morgan fingerprint density at radius 3 is 2.80 bits per heavy atom. The lowest BCUT2D eigenvalue weighted by Gasteiger charge is -2.05. The molecular formula is C8H16N2. The Morgan fingerprint density at radius 2 is 2.30 bits per heavy atom. The van der Waals surface area contributed by atoms with E-state index in [2.05, 4.69) is 12.3 Å². The second-order valence-corrected chi connectivity index (χ2v) is 2.33. The lowest BCUT2D eigenvalue weighted by Crippen LogP contribution is -2.19. The van der Waals surface area contributed by atoms with Gasteiger partial charge in [0.2, 0.25) is 0 Å². The van der Waals surface area contributed by atoms with Crippen LogP contribution in [0.25, 0.3) is 0 Å². The molecule has 0 rings (SSSR count). The highest BCUT2D eigenvalue weighted by Gasteiger charge is 1.96. The van der Waals surface area contributed by atoms with Gasteiger partial charge in [0, 0.05) is 6.04 Å². The average molecular weight is 140 g/mol. The Balaban J connectivity index is 3.24. The minimum Gasteiger partial charge on any atom is -0.330 e. The Bertz CT molecular complexity index is 114. The van der Waals surface area contributed by atoms with E-state index in [1.807, 2.05) is 6.08 Å². The third-order valence-corrected chi connectivity index (χ3v) is 1.34. The topological polar surface area (TPSA) is 52.0 Å². The van der Waals surface area contributed by atoms with Crippen LogP contribution in [-0.2, 0) is 0 Å². The van der Waals surface area contributed by atoms with Crippen molar-refractivity contribution in [2.45, 2.75) is 25.3 Å². The Labute approximate surface area is 62.6 Å². The van der Waals surface area contributed by atoms with E-state index in [1.54, 1.807) is 0 Å². The van der Waals surface area contributed by atoms with Crippen molar-refractivity contribution in [2.75, 3.05) is 6.54 Å². The van der Waals surface area contributed by atoms with E-state index in [9.17, 15) is 0 Å². The highest BCUT2D eigenvalue weighted by molar-refractivity contribution is 4.80. The summed E-state index contributed by atoms with van der Waals surface area (Å²) in [6, 6.07) is 0.234. The fraction of sp³-hybridized carbons (Fsp3) is 0.625. The molecule has 0 amide bonds. The van der Waals surface area contributed by atoms with Crippen LogP contribution in [-0.4, -0.2) is 12.6 Å². The van der Waals surface area contributed by atoms with E-state index < -0.39 is 0 Å². The van der Waals surface area contributed by atoms with Crippen LogP contribution in [0.15, 0.2) is 18.4 Å². The van der Waals surface area contributed by atoms with Gasteiger partial charge in [-0.05, 0) is 31.9 Å². The molecule has 0 aromatic heterocycles. The van der Waals surface area contributed by atoms with Gasteiger partial charge in [-0.2, -0.15) is 0 Å². The molecule has 0 saturated carbocycles. The summed E-state index contributed by atoms with van der Waals surface area (Å²) in [6.45, 7) is 4.18. The molecule has 1 unspecified atom stereocenters. The predicted molar refractivity (Wildman–Crippen MR) is 44.6 cm³/mol. The molecule has 0 aliphatic rings. The summed E-state index contributed by atoms with van der Waals surface area (Å²) in [5, 5.41) is 0. The van der Waals surface area contributed by atoms with Crippen LogP contribution in [0.2, 0.25) is 0 Å². The lowest BCUT2D eigenvalue weighted by atomic mass is 10.1. The third-order valence-electron chi connectivity index (χ3n) is 1.34. The molecule has 0 radical (unpaired) electrons. The summed E-state index contributed by atoms with van der Waals surface area (Å²) < 4.78 is 0. The van der Waals surface area contributed by atoms with Crippen molar-refractivity contribution in [3.05, 3.63) is 18.4 Å². The SMILES string of the molecule is C=C=CCC(N)CCCN. The van der Waals surface area contributed by atoms with Gasteiger partial charge in [0.25, 0.3) is 0 Å². The second-order valence-electron chi connectivity index (χ2n) is 2.33. The van der Waals surface area contributed by atoms with Crippen LogP contribution in [0, 0.1) is 0 Å². The van der Waals surface area contributed by atoms with E-state index in [-0.39, 0.29) is 6.04 Å². The summed E-state index contributed by atoms with van der Waals surface area (Å²) in [5.74, 6) is 0. The van der Waals surface area contributed by atoms with Crippen molar-refractivity contribution >= 4 is 0 Å². The van der Waals surface area contributed by atoms with Crippen molar-refractivity contribution in [3.8, 4) is 0 Å². The molecule has 2 heteroatoms. The van der Waals surface area contributed by atoms with Crippen molar-refractivity contribution in [2.24, 2.45) is 11.5 Å². The van der Waals surface area contributed by atoms with Gasteiger partial charge in [-0.15, -0.1) is 5.73 Å². The number of hydrogen-bond acceptors (Lipinski definition) is 2. The summed E-state index contributed by atoms with van der Waals surface area (Å²) >= 11 is 0. The molecular weight excluding hydrogens is 124 g/mol. The van der Waals surface area contributed by atoms with Gasteiger partial charge in [0.1, 0.15) is 0 Å². The summed E-state index contributed by atoms with van der Waals surface area (Å²) in [5.41, 5.74) is 13.7. The largest absolute Gasteiger partial charge is 0.330 e. The molecule has 0 fully saturated rings. The molecule has 0 heterocycles.